The van der Waals surface area contributed by atoms with Gasteiger partial charge in [-0.3, -0.25) is 0 Å². The van der Waals surface area contributed by atoms with Gasteiger partial charge in [0.2, 0.25) is 0 Å². The lowest BCUT2D eigenvalue weighted by Gasteiger charge is -2.13. The van der Waals surface area contributed by atoms with E-state index in [-0.39, 0.29) is 0 Å². The molecule has 0 saturated heterocycles. The SMILES string of the molecule is COc1cc(/C=C/C(=O)O)cc(Cl)c1OCc1cccc(C)c1. The first kappa shape index (κ1) is 16.9. The average molecular weight is 333 g/mol. The fourth-order valence-corrected chi connectivity index (χ4v) is 2.37. The molecule has 0 unspecified atom stereocenters. The summed E-state index contributed by atoms with van der Waals surface area (Å²) in [4.78, 5) is 10.6. The predicted molar refractivity (Wildman–Crippen MR) is 90.2 cm³/mol. The number of hydrogen-bond acceptors (Lipinski definition) is 3. The normalized spacial score (nSPS) is 10.7. The number of carboxylic acid groups (broad SMARTS) is 1. The van der Waals surface area contributed by atoms with Crippen LogP contribution >= 0.6 is 11.6 Å². The van der Waals surface area contributed by atoms with Crippen LogP contribution in [-0.2, 0) is 11.4 Å². The second kappa shape index (κ2) is 7.70. The summed E-state index contributed by atoms with van der Waals surface area (Å²) in [6.45, 7) is 2.38. The van der Waals surface area contributed by atoms with Gasteiger partial charge in [0.05, 0.1) is 12.1 Å². The number of aryl methyl sites for hydroxylation is 1. The highest BCUT2D eigenvalue weighted by Crippen LogP contribution is 2.37. The Bertz CT molecular complexity index is 738. The van der Waals surface area contributed by atoms with Crippen LogP contribution < -0.4 is 9.47 Å². The summed E-state index contributed by atoms with van der Waals surface area (Å²) in [5.41, 5.74) is 2.80. The summed E-state index contributed by atoms with van der Waals surface area (Å²) in [7, 11) is 1.51. The monoisotopic (exact) mass is 332 g/mol. The molecule has 2 rings (SSSR count). The fraction of sp³-hybridized carbons (Fsp3) is 0.167. The van der Waals surface area contributed by atoms with Crippen LogP contribution in [0.4, 0.5) is 0 Å². The van der Waals surface area contributed by atoms with Gasteiger partial charge in [-0.1, -0.05) is 41.4 Å². The van der Waals surface area contributed by atoms with Crippen molar-refractivity contribution < 1.29 is 19.4 Å². The number of rotatable bonds is 6. The molecule has 4 nitrogen and oxygen atoms in total. The van der Waals surface area contributed by atoms with E-state index in [1.165, 1.54) is 13.2 Å². The smallest absolute Gasteiger partial charge is 0.328 e. The standard InChI is InChI=1S/C18H17ClO4/c1-12-4-3-5-14(8-12)11-23-18-15(19)9-13(6-7-17(20)21)10-16(18)22-2/h3-10H,11H2,1-2H3,(H,20,21)/b7-6+. The molecule has 0 aromatic heterocycles. The molecule has 0 bridgehead atoms. The largest absolute Gasteiger partial charge is 0.493 e. The number of benzene rings is 2. The molecule has 23 heavy (non-hydrogen) atoms. The zero-order valence-corrected chi connectivity index (χ0v) is 13.6. The first-order chi connectivity index (χ1) is 11.0. The maximum absolute atomic E-state index is 10.6. The highest BCUT2D eigenvalue weighted by atomic mass is 35.5. The molecule has 2 aromatic carbocycles. The molecule has 0 radical (unpaired) electrons. The Kier molecular flexibility index (Phi) is 5.66. The Morgan fingerprint density at radius 1 is 1.30 bits per heavy atom. The first-order valence-electron chi connectivity index (χ1n) is 6.96. The highest BCUT2D eigenvalue weighted by Gasteiger charge is 2.11. The van der Waals surface area contributed by atoms with Gasteiger partial charge in [-0.25, -0.2) is 4.79 Å². The van der Waals surface area contributed by atoms with Crippen LogP contribution in [0.25, 0.3) is 6.08 Å². The summed E-state index contributed by atoms with van der Waals surface area (Å²) in [6.07, 6.45) is 2.49. The summed E-state index contributed by atoms with van der Waals surface area (Å²) in [5.74, 6) is -0.141. The lowest BCUT2D eigenvalue weighted by atomic mass is 10.1. The number of hydrogen-bond donors (Lipinski definition) is 1. The number of aliphatic carboxylic acids is 1. The molecule has 2 aromatic rings. The molecule has 0 heterocycles. The van der Waals surface area contributed by atoms with Crippen LogP contribution in [0.2, 0.25) is 5.02 Å². The van der Waals surface area contributed by atoms with Crippen LogP contribution in [0, 0.1) is 6.92 Å². The number of carboxylic acids is 1. The van der Waals surface area contributed by atoms with Gasteiger partial charge in [-0.15, -0.1) is 0 Å². The van der Waals surface area contributed by atoms with E-state index in [0.717, 1.165) is 17.2 Å². The van der Waals surface area contributed by atoms with Crippen molar-refractivity contribution in [3.8, 4) is 11.5 Å². The van der Waals surface area contributed by atoms with Crippen molar-refractivity contribution in [1.82, 2.24) is 0 Å². The molecule has 0 amide bonds. The average Bonchev–Trinajstić information content (AvgIpc) is 2.51. The van der Waals surface area contributed by atoms with E-state index in [4.69, 9.17) is 26.2 Å². The summed E-state index contributed by atoms with van der Waals surface area (Å²) in [6, 6.07) is 11.3. The van der Waals surface area contributed by atoms with Gasteiger partial charge in [0.1, 0.15) is 6.61 Å². The number of methoxy groups -OCH3 is 1. The van der Waals surface area contributed by atoms with Crippen LogP contribution in [0.3, 0.4) is 0 Å². The Balaban J connectivity index is 2.22. The van der Waals surface area contributed by atoms with Crippen LogP contribution in [-0.4, -0.2) is 18.2 Å². The Labute approximate surface area is 139 Å². The van der Waals surface area contributed by atoms with Crippen LogP contribution in [0.15, 0.2) is 42.5 Å². The number of carbonyl (C=O) groups is 1. The van der Waals surface area contributed by atoms with E-state index in [0.29, 0.717) is 28.7 Å². The van der Waals surface area contributed by atoms with Crippen molar-refractivity contribution in [3.63, 3.8) is 0 Å². The quantitative estimate of drug-likeness (QED) is 0.800. The lowest BCUT2D eigenvalue weighted by molar-refractivity contribution is -0.131. The van der Waals surface area contributed by atoms with E-state index < -0.39 is 5.97 Å². The van der Waals surface area contributed by atoms with Gasteiger partial charge in [0.15, 0.2) is 11.5 Å². The van der Waals surface area contributed by atoms with E-state index in [1.807, 2.05) is 31.2 Å². The molecule has 0 aliphatic heterocycles. The second-order valence-corrected chi connectivity index (χ2v) is 5.39. The molecule has 1 N–H and O–H groups in total. The van der Waals surface area contributed by atoms with E-state index in [2.05, 4.69) is 0 Å². The van der Waals surface area contributed by atoms with E-state index >= 15 is 0 Å². The van der Waals surface area contributed by atoms with E-state index in [9.17, 15) is 4.79 Å². The number of ether oxygens (including phenoxy) is 2. The summed E-state index contributed by atoms with van der Waals surface area (Å²) >= 11 is 6.24. The van der Waals surface area contributed by atoms with Crippen LogP contribution in [0.1, 0.15) is 16.7 Å². The Hall–Kier alpha value is -2.46. The molecule has 0 atom stereocenters. The fourth-order valence-electron chi connectivity index (χ4n) is 2.10. The maximum Gasteiger partial charge on any atom is 0.328 e. The van der Waals surface area contributed by atoms with Crippen molar-refractivity contribution in [2.24, 2.45) is 0 Å². The van der Waals surface area contributed by atoms with Gasteiger partial charge in [0.25, 0.3) is 0 Å². The third-order valence-corrected chi connectivity index (χ3v) is 3.42. The predicted octanol–water partition coefficient (Wildman–Crippen LogP) is 4.33. The first-order valence-corrected chi connectivity index (χ1v) is 7.34. The third kappa shape index (κ3) is 4.76. The van der Waals surface area contributed by atoms with Gasteiger partial charge in [0, 0.05) is 6.08 Å². The second-order valence-electron chi connectivity index (χ2n) is 4.98. The topological polar surface area (TPSA) is 55.8 Å². The minimum Gasteiger partial charge on any atom is -0.493 e. The Morgan fingerprint density at radius 2 is 2.09 bits per heavy atom. The third-order valence-electron chi connectivity index (χ3n) is 3.14. The molecular weight excluding hydrogens is 316 g/mol. The maximum atomic E-state index is 10.6. The number of halogens is 1. The molecule has 120 valence electrons. The molecule has 0 saturated carbocycles. The summed E-state index contributed by atoms with van der Waals surface area (Å²) in [5, 5.41) is 9.05. The van der Waals surface area contributed by atoms with Crippen LogP contribution in [0.5, 0.6) is 11.5 Å². The lowest BCUT2D eigenvalue weighted by Crippen LogP contribution is -1.99. The zero-order chi connectivity index (χ0) is 16.8. The molecule has 0 aliphatic rings. The van der Waals surface area contributed by atoms with Gasteiger partial charge >= 0.3 is 5.97 Å². The molecule has 0 spiro atoms. The summed E-state index contributed by atoms with van der Waals surface area (Å²) < 4.78 is 11.1. The van der Waals surface area contributed by atoms with Crippen molar-refractivity contribution in [3.05, 3.63) is 64.2 Å². The van der Waals surface area contributed by atoms with Gasteiger partial charge in [-0.2, -0.15) is 0 Å². The molecule has 0 aliphatic carbocycles. The van der Waals surface area contributed by atoms with E-state index in [1.54, 1.807) is 12.1 Å². The highest BCUT2D eigenvalue weighted by molar-refractivity contribution is 6.32. The van der Waals surface area contributed by atoms with Gasteiger partial charge in [-0.05, 0) is 36.3 Å². The molecule has 5 heteroatoms. The molecular formula is C18H17ClO4. The van der Waals surface area contributed by atoms with Crippen molar-refractivity contribution in [2.75, 3.05) is 7.11 Å². The Morgan fingerprint density at radius 3 is 2.74 bits per heavy atom. The minimum absolute atomic E-state index is 0.363. The zero-order valence-electron chi connectivity index (χ0n) is 12.9. The van der Waals surface area contributed by atoms with Crippen molar-refractivity contribution >= 4 is 23.6 Å². The minimum atomic E-state index is -1.03. The van der Waals surface area contributed by atoms with Crippen molar-refractivity contribution in [1.29, 1.82) is 0 Å². The molecule has 0 fully saturated rings. The van der Waals surface area contributed by atoms with Gasteiger partial charge < -0.3 is 14.6 Å². The van der Waals surface area contributed by atoms with Crippen molar-refractivity contribution in [2.45, 2.75) is 13.5 Å².